The van der Waals surface area contributed by atoms with Crippen molar-refractivity contribution in [3.8, 4) is 6.07 Å². The van der Waals surface area contributed by atoms with Gasteiger partial charge in [0.25, 0.3) is 0 Å². The highest BCUT2D eigenvalue weighted by molar-refractivity contribution is 5.08. The average Bonchev–Trinajstić information content (AvgIpc) is 2.54. The van der Waals surface area contributed by atoms with Crippen LogP contribution in [0.1, 0.15) is 59.8 Å². The summed E-state index contributed by atoms with van der Waals surface area (Å²) in [6, 6.07) is 2.58. The smallest absolute Gasteiger partial charge is 0.106 e. The van der Waals surface area contributed by atoms with Crippen molar-refractivity contribution in [1.82, 2.24) is 10.2 Å². The van der Waals surface area contributed by atoms with E-state index in [4.69, 9.17) is 0 Å². The molecule has 0 aromatic carbocycles. The zero-order valence-corrected chi connectivity index (χ0v) is 13.3. The van der Waals surface area contributed by atoms with Gasteiger partial charge in [-0.2, -0.15) is 5.26 Å². The molecule has 1 N–H and O–H groups in total. The molecule has 0 aromatic rings. The van der Waals surface area contributed by atoms with Crippen LogP contribution in [-0.4, -0.2) is 36.6 Å². The zero-order chi connectivity index (χ0) is 14.4. The fraction of sp³-hybridized carbons (Fsp3) is 0.938. The second-order valence-electron chi connectivity index (χ2n) is 6.67. The Kier molecular flexibility index (Phi) is 6.29. The summed E-state index contributed by atoms with van der Waals surface area (Å²) in [6.45, 7) is 13.2. The fourth-order valence-corrected chi connectivity index (χ4v) is 2.99. The first-order valence-corrected chi connectivity index (χ1v) is 7.85. The largest absolute Gasteiger partial charge is 0.303 e. The minimum absolute atomic E-state index is 0.277. The van der Waals surface area contributed by atoms with E-state index in [-0.39, 0.29) is 5.54 Å². The first-order chi connectivity index (χ1) is 8.97. The molecule has 0 amide bonds. The highest BCUT2D eigenvalue weighted by Crippen LogP contribution is 2.37. The van der Waals surface area contributed by atoms with Gasteiger partial charge in [-0.25, -0.2) is 0 Å². The molecular formula is C16H31N3. The van der Waals surface area contributed by atoms with E-state index in [9.17, 15) is 5.26 Å². The summed E-state index contributed by atoms with van der Waals surface area (Å²) in [6.07, 6.45) is 5.56. The predicted octanol–water partition coefficient (Wildman–Crippen LogP) is 3.17. The van der Waals surface area contributed by atoms with Gasteiger partial charge >= 0.3 is 0 Å². The Balaban J connectivity index is 2.50. The van der Waals surface area contributed by atoms with E-state index < -0.39 is 0 Å². The van der Waals surface area contributed by atoms with Crippen molar-refractivity contribution in [3.63, 3.8) is 0 Å². The van der Waals surface area contributed by atoms with Gasteiger partial charge in [0, 0.05) is 13.1 Å². The Morgan fingerprint density at radius 3 is 2.37 bits per heavy atom. The van der Waals surface area contributed by atoms with E-state index in [0.29, 0.717) is 5.41 Å². The molecule has 1 rings (SSSR count). The summed E-state index contributed by atoms with van der Waals surface area (Å²) in [5.74, 6) is 0. The number of likely N-dealkylation sites (N-methyl/N-ethyl adjacent to an activating group) is 1. The molecule has 1 aliphatic carbocycles. The third kappa shape index (κ3) is 5.12. The normalized spacial score (nSPS) is 26.9. The lowest BCUT2D eigenvalue weighted by Crippen LogP contribution is -2.47. The third-order valence-corrected chi connectivity index (χ3v) is 4.69. The molecule has 1 saturated carbocycles. The summed E-state index contributed by atoms with van der Waals surface area (Å²) in [5, 5.41) is 13.1. The second kappa shape index (κ2) is 7.26. The summed E-state index contributed by atoms with van der Waals surface area (Å²) in [7, 11) is 0. The van der Waals surface area contributed by atoms with Crippen LogP contribution in [0.15, 0.2) is 0 Å². The van der Waals surface area contributed by atoms with Crippen LogP contribution >= 0.6 is 0 Å². The van der Waals surface area contributed by atoms with E-state index in [1.807, 2.05) is 0 Å². The number of hydrogen-bond acceptors (Lipinski definition) is 3. The molecule has 0 saturated heterocycles. The maximum Gasteiger partial charge on any atom is 0.106 e. The first-order valence-electron chi connectivity index (χ1n) is 7.85. The van der Waals surface area contributed by atoms with Gasteiger partial charge in [-0.15, -0.1) is 0 Å². The number of hydrogen-bond donors (Lipinski definition) is 1. The van der Waals surface area contributed by atoms with E-state index in [0.717, 1.165) is 45.4 Å². The summed E-state index contributed by atoms with van der Waals surface area (Å²) >= 11 is 0. The lowest BCUT2D eigenvalue weighted by molar-refractivity contribution is 0.269. The molecule has 0 bridgehead atoms. The van der Waals surface area contributed by atoms with Gasteiger partial charge in [0.15, 0.2) is 0 Å². The lowest BCUT2D eigenvalue weighted by Gasteiger charge is -2.29. The Labute approximate surface area is 119 Å². The molecule has 1 aliphatic rings. The highest BCUT2D eigenvalue weighted by atomic mass is 15.1. The van der Waals surface area contributed by atoms with Crippen LogP contribution in [0.25, 0.3) is 0 Å². The molecule has 19 heavy (non-hydrogen) atoms. The van der Waals surface area contributed by atoms with Crippen LogP contribution in [0.5, 0.6) is 0 Å². The minimum atomic E-state index is -0.277. The Hall–Kier alpha value is -0.590. The summed E-state index contributed by atoms with van der Waals surface area (Å²) in [4.78, 5) is 2.40. The number of nitrogens with zero attached hydrogens (tertiary/aromatic N) is 2. The van der Waals surface area contributed by atoms with Gasteiger partial charge in [0.05, 0.1) is 6.07 Å². The van der Waals surface area contributed by atoms with Gasteiger partial charge in [0.2, 0.25) is 0 Å². The minimum Gasteiger partial charge on any atom is -0.303 e. The Bertz CT molecular complexity index is 302. The number of rotatable bonds is 6. The topological polar surface area (TPSA) is 39.1 Å². The van der Waals surface area contributed by atoms with Gasteiger partial charge in [-0.05, 0) is 44.2 Å². The maximum absolute atomic E-state index is 9.59. The highest BCUT2D eigenvalue weighted by Gasteiger charge is 2.35. The first kappa shape index (κ1) is 16.5. The quantitative estimate of drug-likeness (QED) is 0.750. The number of nitrogens with one attached hydrogen (secondary N) is 1. The molecule has 0 radical (unpaired) electrons. The fourth-order valence-electron chi connectivity index (χ4n) is 2.99. The van der Waals surface area contributed by atoms with Crippen molar-refractivity contribution in [2.75, 3.05) is 26.2 Å². The van der Waals surface area contributed by atoms with Crippen molar-refractivity contribution < 1.29 is 0 Å². The van der Waals surface area contributed by atoms with Crippen molar-refractivity contribution in [1.29, 1.82) is 5.26 Å². The molecule has 1 unspecified atom stereocenters. The molecule has 0 aromatic heterocycles. The van der Waals surface area contributed by atoms with E-state index in [1.54, 1.807) is 0 Å². The van der Waals surface area contributed by atoms with E-state index in [1.165, 1.54) is 12.8 Å². The zero-order valence-electron chi connectivity index (χ0n) is 13.3. The van der Waals surface area contributed by atoms with Crippen LogP contribution in [0, 0.1) is 16.7 Å². The van der Waals surface area contributed by atoms with Crippen LogP contribution in [-0.2, 0) is 0 Å². The standard InChI is InChI=1S/C16H31N3/c1-5-19(6-2)13-12-18-16(14-17)9-7-8-15(3,4)10-11-16/h18H,5-13H2,1-4H3. The van der Waals surface area contributed by atoms with Crippen molar-refractivity contribution >= 4 is 0 Å². The number of nitriles is 1. The SMILES string of the molecule is CCN(CC)CCNC1(C#N)CCCC(C)(C)CC1. The van der Waals surface area contributed by atoms with Crippen LogP contribution in [0.4, 0.5) is 0 Å². The second-order valence-corrected chi connectivity index (χ2v) is 6.67. The molecular weight excluding hydrogens is 234 g/mol. The summed E-state index contributed by atoms with van der Waals surface area (Å²) < 4.78 is 0. The van der Waals surface area contributed by atoms with Crippen LogP contribution in [0.3, 0.4) is 0 Å². The maximum atomic E-state index is 9.59. The van der Waals surface area contributed by atoms with E-state index >= 15 is 0 Å². The van der Waals surface area contributed by atoms with Crippen molar-refractivity contribution in [2.45, 2.75) is 65.3 Å². The van der Waals surface area contributed by atoms with Crippen molar-refractivity contribution in [3.05, 3.63) is 0 Å². The van der Waals surface area contributed by atoms with Crippen molar-refractivity contribution in [2.24, 2.45) is 5.41 Å². The van der Waals surface area contributed by atoms with Gasteiger partial charge in [-0.1, -0.05) is 34.1 Å². The molecule has 0 spiro atoms. The molecule has 3 nitrogen and oxygen atoms in total. The molecule has 1 fully saturated rings. The summed E-state index contributed by atoms with van der Waals surface area (Å²) in [5.41, 5.74) is 0.125. The molecule has 0 aliphatic heterocycles. The lowest BCUT2D eigenvalue weighted by atomic mass is 9.84. The molecule has 0 heterocycles. The molecule has 110 valence electrons. The van der Waals surface area contributed by atoms with Gasteiger partial charge in [0.1, 0.15) is 5.54 Å². The van der Waals surface area contributed by atoms with Crippen LogP contribution in [0.2, 0.25) is 0 Å². The van der Waals surface area contributed by atoms with Gasteiger partial charge < -0.3 is 4.90 Å². The van der Waals surface area contributed by atoms with Crippen LogP contribution < -0.4 is 5.32 Å². The van der Waals surface area contributed by atoms with Gasteiger partial charge in [-0.3, -0.25) is 5.32 Å². The Morgan fingerprint density at radius 1 is 1.11 bits per heavy atom. The Morgan fingerprint density at radius 2 is 1.79 bits per heavy atom. The average molecular weight is 265 g/mol. The molecule has 1 atom stereocenters. The van der Waals surface area contributed by atoms with E-state index in [2.05, 4.69) is 44.0 Å². The predicted molar refractivity (Wildman–Crippen MR) is 81.0 cm³/mol. The monoisotopic (exact) mass is 265 g/mol. The molecule has 3 heteroatoms. The third-order valence-electron chi connectivity index (χ3n) is 4.69.